The van der Waals surface area contributed by atoms with Crippen LogP contribution in [0.2, 0.25) is 0 Å². The number of halogens is 4. The lowest BCUT2D eigenvalue weighted by molar-refractivity contribution is -0.171. The first-order chi connectivity index (χ1) is 9.43. The molecule has 1 aliphatic rings. The van der Waals surface area contributed by atoms with Gasteiger partial charge >= 0.3 is 13.3 Å². The van der Waals surface area contributed by atoms with Gasteiger partial charge in [-0.25, -0.2) is 4.42 Å². The van der Waals surface area contributed by atoms with Crippen LogP contribution in [0.25, 0.3) is 0 Å². The molecule has 0 aromatic carbocycles. The topological polar surface area (TPSA) is 84.2 Å². The first-order valence-corrected chi connectivity index (χ1v) is 5.62. The number of urea groups is 1. The molecular formula is C9H18BF4N3O4. The Bertz CT molecular complexity index is 354. The average molecular weight is 319 g/mol. The van der Waals surface area contributed by atoms with Crippen LogP contribution in [0.3, 0.4) is 0 Å². The number of hydrogen-bond acceptors (Lipinski definition) is 3. The SMILES string of the molecule is CNC(=[O+]C)N(C)C.F[B-](F)(F)F.O=C1CCC(=O)N1O. The highest BCUT2D eigenvalue weighted by atomic mass is 19.5. The molecule has 1 heterocycles. The molecule has 0 aromatic rings. The highest BCUT2D eigenvalue weighted by molar-refractivity contribution is 6.50. The molecule has 1 rings (SSSR count). The van der Waals surface area contributed by atoms with Gasteiger partial charge in [-0.3, -0.25) is 25.0 Å². The van der Waals surface area contributed by atoms with E-state index in [0.29, 0.717) is 0 Å². The fraction of sp³-hybridized carbons (Fsp3) is 0.667. The molecule has 0 radical (unpaired) electrons. The molecule has 0 atom stereocenters. The molecular weight excluding hydrogens is 301 g/mol. The van der Waals surface area contributed by atoms with Crippen molar-refractivity contribution in [2.75, 3.05) is 28.3 Å². The van der Waals surface area contributed by atoms with Gasteiger partial charge in [-0.2, -0.15) is 5.06 Å². The van der Waals surface area contributed by atoms with Gasteiger partial charge in [-0.1, -0.05) is 0 Å². The van der Waals surface area contributed by atoms with E-state index in [-0.39, 0.29) is 17.9 Å². The number of nitrogens with one attached hydrogen (secondary N) is 1. The molecule has 0 aliphatic carbocycles. The molecule has 124 valence electrons. The number of amides is 4. The third-order valence-electron chi connectivity index (χ3n) is 1.84. The Balaban J connectivity index is 0. The summed E-state index contributed by atoms with van der Waals surface area (Å²) in [5.41, 5.74) is 0. The molecule has 0 spiro atoms. The van der Waals surface area contributed by atoms with Crippen LogP contribution in [0.1, 0.15) is 12.8 Å². The van der Waals surface area contributed by atoms with Crippen molar-refractivity contribution >= 4 is 25.1 Å². The molecule has 2 N–H and O–H groups in total. The van der Waals surface area contributed by atoms with Crippen molar-refractivity contribution in [2.45, 2.75) is 12.8 Å². The van der Waals surface area contributed by atoms with E-state index in [2.05, 4.69) is 5.32 Å². The van der Waals surface area contributed by atoms with Crippen molar-refractivity contribution in [1.82, 2.24) is 15.3 Å². The Hall–Kier alpha value is -1.85. The molecule has 1 saturated heterocycles. The van der Waals surface area contributed by atoms with Crippen LogP contribution >= 0.6 is 0 Å². The fourth-order valence-electron chi connectivity index (χ4n) is 1.07. The Kier molecular flexibility index (Phi) is 10.2. The molecule has 1 aliphatic heterocycles. The maximum absolute atomic E-state index is 10.2. The predicted molar refractivity (Wildman–Crippen MR) is 67.1 cm³/mol. The zero-order valence-corrected chi connectivity index (χ0v) is 12.1. The second-order valence-corrected chi connectivity index (χ2v) is 3.75. The monoisotopic (exact) mass is 319 g/mol. The van der Waals surface area contributed by atoms with Gasteiger partial charge < -0.3 is 17.3 Å². The number of carbonyl (C=O) groups excluding carboxylic acids is 3. The molecule has 1 fully saturated rings. The van der Waals surface area contributed by atoms with Gasteiger partial charge in [0, 0.05) is 34.0 Å². The Morgan fingerprint density at radius 1 is 1.24 bits per heavy atom. The Morgan fingerprint density at radius 2 is 1.57 bits per heavy atom. The van der Waals surface area contributed by atoms with E-state index < -0.39 is 19.1 Å². The third kappa shape index (κ3) is 12.9. The predicted octanol–water partition coefficient (Wildman–Crippen LogP) is 0.877. The number of nitrogens with zero attached hydrogens (tertiary/aromatic N) is 2. The summed E-state index contributed by atoms with van der Waals surface area (Å²) in [6.45, 7) is 0. The van der Waals surface area contributed by atoms with E-state index in [1.54, 1.807) is 7.11 Å². The standard InChI is InChI=1S/C5H13N2O.C4H5NO3.BF4/c1-6-5(8-4)7(2)3;6-3-1-2-4(7)5(3)8;2-1(3,4)5/h6H,1-4H3;8H,1-2H2;/q+1;;-1. The minimum absolute atomic E-state index is 0.148. The van der Waals surface area contributed by atoms with Crippen molar-refractivity contribution in [3.8, 4) is 0 Å². The molecule has 4 amide bonds. The summed E-state index contributed by atoms with van der Waals surface area (Å²) in [5, 5.41) is 11.4. The van der Waals surface area contributed by atoms with Gasteiger partial charge in [0.15, 0.2) is 0 Å². The number of rotatable bonds is 0. The molecule has 12 heteroatoms. The van der Waals surface area contributed by atoms with E-state index in [1.807, 2.05) is 26.0 Å². The van der Waals surface area contributed by atoms with Gasteiger partial charge in [-0.05, 0) is 0 Å². The zero-order chi connectivity index (χ0) is 17.2. The highest BCUT2D eigenvalue weighted by Crippen LogP contribution is 2.07. The van der Waals surface area contributed by atoms with Crippen LogP contribution in [0.15, 0.2) is 0 Å². The number of hydroxylamine groups is 2. The summed E-state index contributed by atoms with van der Waals surface area (Å²) in [6, 6.07) is 0.769. The van der Waals surface area contributed by atoms with Crippen LogP contribution < -0.4 is 5.32 Å². The molecule has 0 bridgehead atoms. The first kappa shape index (κ1) is 21.5. The first-order valence-electron chi connectivity index (χ1n) is 5.62. The minimum Gasteiger partial charge on any atom is -0.418 e. The van der Waals surface area contributed by atoms with Gasteiger partial charge in [0.05, 0.1) is 0 Å². The molecule has 0 unspecified atom stereocenters. The maximum atomic E-state index is 10.2. The largest absolute Gasteiger partial charge is 0.673 e. The lowest BCUT2D eigenvalue weighted by atomic mass is 10.3. The summed E-state index contributed by atoms with van der Waals surface area (Å²) in [6.07, 6.45) is 0.296. The van der Waals surface area contributed by atoms with Gasteiger partial charge in [-0.15, -0.1) is 0 Å². The van der Waals surface area contributed by atoms with Crippen molar-refractivity contribution < 1.29 is 36.5 Å². The number of imide groups is 1. The van der Waals surface area contributed by atoms with E-state index in [9.17, 15) is 26.9 Å². The normalized spacial score (nSPS) is 14.9. The molecule has 7 nitrogen and oxygen atoms in total. The second-order valence-electron chi connectivity index (χ2n) is 3.75. The zero-order valence-electron chi connectivity index (χ0n) is 12.1. The smallest absolute Gasteiger partial charge is 0.418 e. The summed E-state index contributed by atoms with van der Waals surface area (Å²) in [4.78, 5) is 22.3. The van der Waals surface area contributed by atoms with Gasteiger partial charge in [0.1, 0.15) is 0 Å². The highest BCUT2D eigenvalue weighted by Gasteiger charge is 2.26. The summed E-state index contributed by atoms with van der Waals surface area (Å²) in [7, 11) is 1.27. The van der Waals surface area contributed by atoms with Crippen LogP contribution in [0.5, 0.6) is 0 Å². The molecule has 21 heavy (non-hydrogen) atoms. The van der Waals surface area contributed by atoms with Crippen molar-refractivity contribution in [1.29, 1.82) is 0 Å². The lowest BCUT2D eigenvalue weighted by Gasteiger charge is -2.02. The van der Waals surface area contributed by atoms with E-state index in [1.165, 1.54) is 0 Å². The Morgan fingerprint density at radius 3 is 1.62 bits per heavy atom. The Labute approximate surface area is 119 Å². The third-order valence-corrected chi connectivity index (χ3v) is 1.84. The van der Waals surface area contributed by atoms with Gasteiger partial charge in [0.25, 0.3) is 18.9 Å². The van der Waals surface area contributed by atoms with E-state index >= 15 is 0 Å². The second kappa shape index (κ2) is 9.97. The number of hydrogen-bond donors (Lipinski definition) is 2. The van der Waals surface area contributed by atoms with E-state index in [4.69, 9.17) is 9.63 Å². The summed E-state index contributed by atoms with van der Waals surface area (Å²) in [5.74, 6) is -1.01. The van der Waals surface area contributed by atoms with Crippen LogP contribution in [0.4, 0.5) is 21.7 Å². The van der Waals surface area contributed by atoms with Crippen LogP contribution in [-0.4, -0.2) is 68.5 Å². The van der Waals surface area contributed by atoms with Crippen LogP contribution in [-0.2, 0) is 9.59 Å². The van der Waals surface area contributed by atoms with E-state index in [0.717, 1.165) is 6.03 Å². The number of carbonyl (C=O) groups is 2. The summed E-state index contributed by atoms with van der Waals surface area (Å²) >= 11 is 0. The quantitative estimate of drug-likeness (QED) is 0.228. The molecule has 0 saturated carbocycles. The average Bonchev–Trinajstić information content (AvgIpc) is 2.60. The fourth-order valence-corrected chi connectivity index (χ4v) is 1.07. The van der Waals surface area contributed by atoms with Crippen molar-refractivity contribution in [3.63, 3.8) is 0 Å². The van der Waals surface area contributed by atoms with Crippen molar-refractivity contribution in [2.24, 2.45) is 0 Å². The maximum Gasteiger partial charge on any atom is 0.673 e. The van der Waals surface area contributed by atoms with Crippen LogP contribution in [0, 0.1) is 0 Å². The molecule has 0 aromatic heterocycles. The summed E-state index contributed by atoms with van der Waals surface area (Å²) < 4.78 is 43.9. The van der Waals surface area contributed by atoms with Gasteiger partial charge in [0.2, 0.25) is 0 Å². The van der Waals surface area contributed by atoms with Crippen molar-refractivity contribution in [3.05, 3.63) is 0 Å². The lowest BCUT2D eigenvalue weighted by Crippen LogP contribution is -2.32. The minimum atomic E-state index is -6.00.